The van der Waals surface area contributed by atoms with Gasteiger partial charge < -0.3 is 38.8 Å². The van der Waals surface area contributed by atoms with Gasteiger partial charge in [0.05, 0.1) is 13.2 Å². The molecule has 0 aliphatic carbocycles. The van der Waals surface area contributed by atoms with E-state index in [1.807, 2.05) is 27.7 Å². The Labute approximate surface area is 251 Å². The third-order valence-electron chi connectivity index (χ3n) is 5.86. The Balaban J connectivity index is 2.06. The van der Waals surface area contributed by atoms with Gasteiger partial charge in [-0.3, -0.25) is 4.79 Å². The van der Waals surface area contributed by atoms with E-state index in [0.717, 1.165) is 0 Å². The molecule has 1 unspecified atom stereocenters. The maximum atomic E-state index is 12.3. The van der Waals surface area contributed by atoms with Gasteiger partial charge in [0, 0.05) is 6.54 Å². The Morgan fingerprint density at radius 3 is 1.88 bits per heavy atom. The number of aliphatic carboxylic acids is 1. The minimum absolute atomic E-state index is 0.00973. The fourth-order valence-corrected chi connectivity index (χ4v) is 3.44. The summed E-state index contributed by atoms with van der Waals surface area (Å²) in [5.41, 5.74) is 0.447. The third kappa shape index (κ3) is 14.4. The minimum Gasteiger partial charge on any atom is -0.480 e. The zero-order chi connectivity index (χ0) is 31.8. The third-order valence-corrected chi connectivity index (χ3v) is 5.86. The molecule has 0 heterocycles. The van der Waals surface area contributed by atoms with Crippen LogP contribution in [0.25, 0.3) is 0 Å². The maximum absolute atomic E-state index is 12.3. The predicted octanol–water partition coefficient (Wildman–Crippen LogP) is 6.00. The van der Waals surface area contributed by atoms with E-state index >= 15 is 0 Å². The van der Waals surface area contributed by atoms with E-state index in [1.54, 1.807) is 37.3 Å². The van der Waals surface area contributed by atoms with Gasteiger partial charge >= 0.3 is 24.4 Å². The normalized spacial score (nSPS) is 12.3. The molecule has 12 nitrogen and oxygen atoms in total. The van der Waals surface area contributed by atoms with Gasteiger partial charge in [-0.2, -0.15) is 0 Å². The van der Waals surface area contributed by atoms with Crippen LogP contribution in [0.1, 0.15) is 53.0 Å². The Hall–Kier alpha value is -4.32. The van der Waals surface area contributed by atoms with Crippen molar-refractivity contribution in [3.63, 3.8) is 0 Å². The van der Waals surface area contributed by atoms with Crippen molar-refractivity contribution in [2.45, 2.75) is 66.0 Å². The molecule has 2 aromatic rings. The number of carbonyl (C=O) groups is 4. The first-order chi connectivity index (χ1) is 20.4. The number of carbonyl (C=O) groups excluding carboxylic acids is 3. The number of carboxylic acid groups (broad SMARTS) is 1. The van der Waals surface area contributed by atoms with Crippen molar-refractivity contribution in [1.82, 2.24) is 5.32 Å². The summed E-state index contributed by atoms with van der Waals surface area (Å²) in [5.74, 6) is -0.466. The van der Waals surface area contributed by atoms with E-state index in [2.05, 4.69) is 5.32 Å². The Bertz CT molecular complexity index is 1180. The topological polar surface area (TPSA) is 156 Å². The molecule has 0 bridgehead atoms. The van der Waals surface area contributed by atoms with Gasteiger partial charge in [-0.25, -0.2) is 14.4 Å². The van der Waals surface area contributed by atoms with E-state index in [-0.39, 0.29) is 37.7 Å². The van der Waals surface area contributed by atoms with Gasteiger partial charge in [-0.1, -0.05) is 52.0 Å². The van der Waals surface area contributed by atoms with E-state index in [9.17, 15) is 24.3 Å². The number of hydrogen-bond acceptors (Lipinski definition) is 11. The standard InChI is InChI=1S/C31H41NO11/c1-20(2)13-15-38-29(35)42-26-12-11-23(18-27(26)43-30(36)39-16-14-21(3)4)17-25(28(33)34)32-19-22(5)40-31(37)41-24-9-7-6-8-10-24/h6-12,18,20-22,25,32H,13-17,19H2,1-5H3,(H,33,34)/t22?,25-/m0/s1. The lowest BCUT2D eigenvalue weighted by Gasteiger charge is -2.19. The minimum atomic E-state index is -1.16. The molecule has 2 atom stereocenters. The van der Waals surface area contributed by atoms with Crippen LogP contribution < -0.4 is 19.5 Å². The maximum Gasteiger partial charge on any atom is 0.514 e. The van der Waals surface area contributed by atoms with Crippen molar-refractivity contribution in [2.24, 2.45) is 11.8 Å². The number of ether oxygens (including phenoxy) is 6. The summed E-state index contributed by atoms with van der Waals surface area (Å²) in [6.07, 6.45) is -2.40. The molecule has 0 amide bonds. The predicted molar refractivity (Wildman–Crippen MR) is 155 cm³/mol. The SMILES string of the molecule is CC(C)CCOC(=O)Oc1ccc(C[C@H](NCC(C)OC(=O)Oc2ccccc2)C(=O)O)cc1OC(=O)OCCC(C)C. The Kier molecular flexibility index (Phi) is 14.8. The summed E-state index contributed by atoms with van der Waals surface area (Å²) in [7, 11) is 0. The average Bonchev–Trinajstić information content (AvgIpc) is 2.92. The Morgan fingerprint density at radius 1 is 0.744 bits per heavy atom. The smallest absolute Gasteiger partial charge is 0.480 e. The second kappa shape index (κ2) is 18.3. The summed E-state index contributed by atoms with van der Waals surface area (Å²) < 4.78 is 31.0. The largest absolute Gasteiger partial charge is 0.514 e. The highest BCUT2D eigenvalue weighted by atomic mass is 16.7. The number of carboxylic acids is 1. The van der Waals surface area contributed by atoms with Gasteiger partial charge in [0.2, 0.25) is 0 Å². The van der Waals surface area contributed by atoms with Gasteiger partial charge in [-0.05, 0) is 67.9 Å². The van der Waals surface area contributed by atoms with Crippen LogP contribution in [-0.2, 0) is 25.4 Å². The molecule has 0 radical (unpaired) electrons. The van der Waals surface area contributed by atoms with Crippen molar-refractivity contribution < 1.29 is 52.7 Å². The highest BCUT2D eigenvalue weighted by molar-refractivity contribution is 5.74. The molecule has 0 aliphatic rings. The van der Waals surface area contributed by atoms with E-state index in [1.165, 1.54) is 18.2 Å². The lowest BCUT2D eigenvalue weighted by atomic mass is 10.0. The fraction of sp³-hybridized carbons (Fsp3) is 0.484. The van der Waals surface area contributed by atoms with Crippen molar-refractivity contribution in [2.75, 3.05) is 19.8 Å². The van der Waals surface area contributed by atoms with Crippen molar-refractivity contribution in [3.8, 4) is 17.2 Å². The number of benzene rings is 2. The molecule has 12 heteroatoms. The monoisotopic (exact) mass is 603 g/mol. The molecule has 0 saturated carbocycles. The molecule has 43 heavy (non-hydrogen) atoms. The highest BCUT2D eigenvalue weighted by Crippen LogP contribution is 2.30. The Morgan fingerprint density at radius 2 is 1.33 bits per heavy atom. The van der Waals surface area contributed by atoms with Crippen molar-refractivity contribution in [1.29, 1.82) is 0 Å². The average molecular weight is 604 g/mol. The molecule has 236 valence electrons. The number of hydrogen-bond donors (Lipinski definition) is 2. The zero-order valence-electron chi connectivity index (χ0n) is 25.2. The second-order valence-corrected chi connectivity index (χ2v) is 10.6. The molecule has 0 aliphatic heterocycles. The van der Waals surface area contributed by atoms with Crippen LogP contribution in [0.3, 0.4) is 0 Å². The first kappa shape index (κ1) is 34.9. The molecule has 2 aromatic carbocycles. The first-order valence-corrected chi connectivity index (χ1v) is 14.1. The van der Waals surface area contributed by atoms with E-state index < -0.39 is 36.6 Å². The van der Waals surface area contributed by atoms with Gasteiger partial charge in [0.15, 0.2) is 11.5 Å². The quantitative estimate of drug-likeness (QED) is 0.131. The molecule has 0 spiro atoms. The molecule has 2 N–H and O–H groups in total. The summed E-state index contributed by atoms with van der Waals surface area (Å²) in [4.78, 5) is 48.6. The molecule has 2 rings (SSSR count). The van der Waals surface area contributed by atoms with Gasteiger partial charge in [0.1, 0.15) is 17.9 Å². The number of para-hydroxylation sites is 1. The number of nitrogens with one attached hydrogen (secondary N) is 1. The number of rotatable bonds is 16. The van der Waals surface area contributed by atoms with Crippen LogP contribution in [0.15, 0.2) is 48.5 Å². The van der Waals surface area contributed by atoms with E-state index in [4.69, 9.17) is 28.4 Å². The summed E-state index contributed by atoms with van der Waals surface area (Å²) >= 11 is 0. The summed E-state index contributed by atoms with van der Waals surface area (Å²) in [6.45, 7) is 9.80. The van der Waals surface area contributed by atoms with Gasteiger partial charge in [0.25, 0.3) is 0 Å². The highest BCUT2D eigenvalue weighted by Gasteiger charge is 2.23. The van der Waals surface area contributed by atoms with Gasteiger partial charge in [-0.15, -0.1) is 0 Å². The van der Waals surface area contributed by atoms with Crippen LogP contribution in [0.4, 0.5) is 14.4 Å². The lowest BCUT2D eigenvalue weighted by Crippen LogP contribution is -2.42. The van der Waals surface area contributed by atoms with Crippen LogP contribution in [0.2, 0.25) is 0 Å². The summed E-state index contributed by atoms with van der Waals surface area (Å²) in [6, 6.07) is 11.6. The lowest BCUT2D eigenvalue weighted by molar-refractivity contribution is -0.139. The molecule has 0 aromatic heterocycles. The fourth-order valence-electron chi connectivity index (χ4n) is 3.44. The molecule has 0 fully saturated rings. The molecular formula is C31H41NO11. The molecular weight excluding hydrogens is 562 g/mol. The van der Waals surface area contributed by atoms with E-state index in [0.29, 0.717) is 36.0 Å². The van der Waals surface area contributed by atoms with Crippen LogP contribution in [0, 0.1) is 11.8 Å². The van der Waals surface area contributed by atoms with Crippen molar-refractivity contribution in [3.05, 3.63) is 54.1 Å². The van der Waals surface area contributed by atoms with Crippen LogP contribution in [0.5, 0.6) is 17.2 Å². The van der Waals surface area contributed by atoms with Crippen LogP contribution in [-0.4, -0.2) is 61.4 Å². The first-order valence-electron chi connectivity index (χ1n) is 14.1. The second-order valence-electron chi connectivity index (χ2n) is 10.6. The zero-order valence-corrected chi connectivity index (χ0v) is 25.2. The van der Waals surface area contributed by atoms with Crippen LogP contribution >= 0.6 is 0 Å². The summed E-state index contributed by atoms with van der Waals surface area (Å²) in [5, 5.41) is 12.6. The van der Waals surface area contributed by atoms with Crippen molar-refractivity contribution >= 4 is 24.4 Å². The molecule has 0 saturated heterocycles.